The predicted molar refractivity (Wildman–Crippen MR) is 97.5 cm³/mol. The highest BCUT2D eigenvalue weighted by atomic mass is 16.2. The Morgan fingerprint density at radius 2 is 2.08 bits per heavy atom. The van der Waals surface area contributed by atoms with E-state index in [1.165, 1.54) is 0 Å². The topological polar surface area (TPSA) is 71.0 Å². The Bertz CT molecular complexity index is 716. The molecule has 0 radical (unpaired) electrons. The molecule has 3 heterocycles. The van der Waals surface area contributed by atoms with E-state index in [2.05, 4.69) is 20.3 Å². The van der Waals surface area contributed by atoms with Gasteiger partial charge in [-0.15, -0.1) is 0 Å². The molecule has 0 spiro atoms. The fourth-order valence-electron chi connectivity index (χ4n) is 3.31. The average molecular weight is 339 g/mol. The summed E-state index contributed by atoms with van der Waals surface area (Å²) in [4.78, 5) is 27.6. The molecule has 0 unspecified atom stereocenters. The van der Waals surface area contributed by atoms with Crippen molar-refractivity contribution in [1.29, 1.82) is 0 Å². The Kier molecular flexibility index (Phi) is 5.58. The lowest BCUT2D eigenvalue weighted by Gasteiger charge is -2.20. The molecule has 1 aliphatic rings. The van der Waals surface area contributed by atoms with E-state index in [9.17, 15) is 4.79 Å². The summed E-state index contributed by atoms with van der Waals surface area (Å²) in [5.41, 5.74) is 2.72. The minimum absolute atomic E-state index is 0.0926. The Balaban J connectivity index is 1.59. The first-order valence-electron chi connectivity index (χ1n) is 8.85. The quantitative estimate of drug-likeness (QED) is 0.927. The van der Waals surface area contributed by atoms with E-state index in [4.69, 9.17) is 0 Å². The average Bonchev–Trinajstić information content (AvgIpc) is 2.87. The second kappa shape index (κ2) is 8.05. The zero-order valence-corrected chi connectivity index (χ0v) is 14.9. The minimum atomic E-state index is 0.0926. The number of hydrogen-bond donors (Lipinski definition) is 1. The van der Waals surface area contributed by atoms with Crippen LogP contribution in [0.15, 0.2) is 30.9 Å². The van der Waals surface area contributed by atoms with Gasteiger partial charge in [0, 0.05) is 32.5 Å². The van der Waals surface area contributed by atoms with Crippen molar-refractivity contribution in [3.8, 4) is 0 Å². The van der Waals surface area contributed by atoms with Gasteiger partial charge in [0.2, 0.25) is 0 Å². The Labute approximate surface area is 148 Å². The number of aromatic nitrogens is 3. The fourth-order valence-corrected chi connectivity index (χ4v) is 3.31. The van der Waals surface area contributed by atoms with Gasteiger partial charge in [-0.25, -0.2) is 4.98 Å². The number of pyridine rings is 1. The van der Waals surface area contributed by atoms with Crippen molar-refractivity contribution in [2.24, 2.45) is 5.92 Å². The molecule has 0 bridgehead atoms. The summed E-state index contributed by atoms with van der Waals surface area (Å²) in [5, 5.41) is 2.98. The van der Waals surface area contributed by atoms with E-state index in [-0.39, 0.29) is 5.91 Å². The van der Waals surface area contributed by atoms with Crippen LogP contribution >= 0.6 is 0 Å². The van der Waals surface area contributed by atoms with Crippen molar-refractivity contribution in [3.05, 3.63) is 47.7 Å². The molecule has 6 nitrogen and oxygen atoms in total. The van der Waals surface area contributed by atoms with Crippen molar-refractivity contribution < 1.29 is 4.79 Å². The molecule has 1 aliphatic heterocycles. The maximum absolute atomic E-state index is 12.7. The summed E-state index contributed by atoms with van der Waals surface area (Å²) in [6, 6.07) is 1.91. The van der Waals surface area contributed by atoms with E-state index < -0.39 is 0 Å². The summed E-state index contributed by atoms with van der Waals surface area (Å²) in [5.74, 6) is 1.42. The van der Waals surface area contributed by atoms with Crippen molar-refractivity contribution >= 4 is 11.7 Å². The minimum Gasteiger partial charge on any atom is -0.372 e. The van der Waals surface area contributed by atoms with Gasteiger partial charge in [0.25, 0.3) is 5.91 Å². The SMILES string of the molecule is CNc1cnc(C[C@@H]2CCCN(C(=O)c3cncc(C)c3)CC2)cn1. The fraction of sp³-hybridized carbons (Fsp3) is 0.474. The van der Waals surface area contributed by atoms with Gasteiger partial charge in [0.1, 0.15) is 5.82 Å². The molecule has 2 aromatic rings. The molecule has 25 heavy (non-hydrogen) atoms. The van der Waals surface area contributed by atoms with E-state index in [1.54, 1.807) is 18.6 Å². The largest absolute Gasteiger partial charge is 0.372 e. The first kappa shape index (κ1) is 17.3. The second-order valence-electron chi connectivity index (χ2n) is 6.69. The van der Waals surface area contributed by atoms with E-state index in [0.29, 0.717) is 11.5 Å². The first-order valence-corrected chi connectivity index (χ1v) is 8.85. The molecule has 132 valence electrons. The second-order valence-corrected chi connectivity index (χ2v) is 6.69. The Morgan fingerprint density at radius 1 is 1.20 bits per heavy atom. The molecule has 1 saturated heterocycles. The van der Waals surface area contributed by atoms with Gasteiger partial charge < -0.3 is 10.2 Å². The lowest BCUT2D eigenvalue weighted by molar-refractivity contribution is 0.0759. The van der Waals surface area contributed by atoms with Crippen LogP contribution in [0, 0.1) is 12.8 Å². The summed E-state index contributed by atoms with van der Waals surface area (Å²) in [6.07, 6.45) is 11.1. The summed E-state index contributed by atoms with van der Waals surface area (Å²) in [7, 11) is 1.84. The predicted octanol–water partition coefficient (Wildman–Crippen LogP) is 2.71. The Morgan fingerprint density at radius 3 is 2.80 bits per heavy atom. The van der Waals surface area contributed by atoms with E-state index >= 15 is 0 Å². The number of anilines is 1. The number of hydrogen-bond acceptors (Lipinski definition) is 5. The molecule has 1 N–H and O–H groups in total. The summed E-state index contributed by atoms with van der Waals surface area (Å²) < 4.78 is 0. The van der Waals surface area contributed by atoms with Gasteiger partial charge in [-0.3, -0.25) is 14.8 Å². The molecule has 1 atom stereocenters. The van der Waals surface area contributed by atoms with Crippen LogP contribution in [0.1, 0.15) is 40.9 Å². The number of carbonyl (C=O) groups is 1. The maximum Gasteiger partial charge on any atom is 0.255 e. The Hall–Kier alpha value is -2.50. The van der Waals surface area contributed by atoms with Gasteiger partial charge in [-0.1, -0.05) is 0 Å². The number of amides is 1. The number of nitrogens with one attached hydrogen (secondary N) is 1. The van der Waals surface area contributed by atoms with Crippen molar-refractivity contribution in [2.45, 2.75) is 32.6 Å². The number of aryl methyl sites for hydroxylation is 1. The number of carbonyl (C=O) groups excluding carboxylic acids is 1. The van der Waals surface area contributed by atoms with Crippen LogP contribution < -0.4 is 5.32 Å². The van der Waals surface area contributed by atoms with Gasteiger partial charge in [0.15, 0.2) is 0 Å². The van der Waals surface area contributed by atoms with Gasteiger partial charge in [-0.05, 0) is 50.2 Å². The summed E-state index contributed by atoms with van der Waals surface area (Å²) >= 11 is 0. The van der Waals surface area contributed by atoms with Crippen LogP contribution in [-0.2, 0) is 6.42 Å². The number of nitrogens with zero attached hydrogens (tertiary/aromatic N) is 4. The molecule has 0 aliphatic carbocycles. The molecule has 1 amide bonds. The van der Waals surface area contributed by atoms with Crippen LogP contribution in [0.3, 0.4) is 0 Å². The molecule has 0 saturated carbocycles. The van der Waals surface area contributed by atoms with E-state index in [0.717, 1.165) is 55.8 Å². The third-order valence-electron chi connectivity index (χ3n) is 4.72. The van der Waals surface area contributed by atoms with Crippen LogP contribution in [0.5, 0.6) is 0 Å². The van der Waals surface area contributed by atoms with E-state index in [1.807, 2.05) is 31.1 Å². The molecule has 0 aromatic carbocycles. The number of rotatable bonds is 4. The smallest absolute Gasteiger partial charge is 0.255 e. The highest BCUT2D eigenvalue weighted by Crippen LogP contribution is 2.22. The first-order chi connectivity index (χ1) is 12.2. The van der Waals surface area contributed by atoms with Gasteiger partial charge in [0.05, 0.1) is 23.7 Å². The van der Waals surface area contributed by atoms with Gasteiger partial charge in [-0.2, -0.15) is 0 Å². The zero-order valence-electron chi connectivity index (χ0n) is 14.9. The van der Waals surface area contributed by atoms with Crippen molar-refractivity contribution in [1.82, 2.24) is 19.9 Å². The lowest BCUT2D eigenvalue weighted by Crippen LogP contribution is -2.32. The molecule has 2 aromatic heterocycles. The number of likely N-dealkylation sites (tertiary alicyclic amines) is 1. The van der Waals surface area contributed by atoms with Crippen LogP contribution in [-0.4, -0.2) is 45.9 Å². The maximum atomic E-state index is 12.7. The standard InChI is InChI=1S/C19H25N5O/c1-14-8-16(11-21-10-14)19(25)24-6-3-4-15(5-7-24)9-17-12-23-18(20-2)13-22-17/h8,10-13,15H,3-7,9H2,1-2H3,(H,20,23)/t15-/m1/s1. The normalized spacial score (nSPS) is 17.8. The molecule has 3 rings (SSSR count). The van der Waals surface area contributed by atoms with Crippen LogP contribution in [0.25, 0.3) is 0 Å². The highest BCUT2D eigenvalue weighted by Gasteiger charge is 2.22. The highest BCUT2D eigenvalue weighted by molar-refractivity contribution is 5.94. The third kappa shape index (κ3) is 4.53. The third-order valence-corrected chi connectivity index (χ3v) is 4.72. The van der Waals surface area contributed by atoms with Crippen LogP contribution in [0.2, 0.25) is 0 Å². The zero-order chi connectivity index (χ0) is 17.6. The van der Waals surface area contributed by atoms with Crippen molar-refractivity contribution in [3.63, 3.8) is 0 Å². The monoisotopic (exact) mass is 339 g/mol. The molecular weight excluding hydrogens is 314 g/mol. The molecule has 1 fully saturated rings. The summed E-state index contributed by atoms with van der Waals surface area (Å²) in [6.45, 7) is 3.57. The van der Waals surface area contributed by atoms with Crippen LogP contribution in [0.4, 0.5) is 5.82 Å². The molecule has 6 heteroatoms. The molecular formula is C19H25N5O. The lowest BCUT2D eigenvalue weighted by atomic mass is 9.95. The van der Waals surface area contributed by atoms with Gasteiger partial charge >= 0.3 is 0 Å². The van der Waals surface area contributed by atoms with Crippen molar-refractivity contribution in [2.75, 3.05) is 25.5 Å².